The van der Waals surface area contributed by atoms with Crippen LogP contribution in [0.4, 0.5) is 0 Å². The summed E-state index contributed by atoms with van der Waals surface area (Å²) in [5.74, 6) is 0. The molecule has 0 saturated carbocycles. The van der Waals surface area contributed by atoms with E-state index >= 15 is 0 Å². The fourth-order valence-electron chi connectivity index (χ4n) is 2.16. The average Bonchev–Trinajstić information content (AvgIpc) is 2.80. The third kappa shape index (κ3) is 2.57. The predicted molar refractivity (Wildman–Crippen MR) is 75.7 cm³/mol. The third-order valence-electron chi connectivity index (χ3n) is 3.00. The molecule has 0 atom stereocenters. The van der Waals surface area contributed by atoms with Crippen LogP contribution in [-0.2, 0) is 4.74 Å². The molecule has 3 heterocycles. The SMILES string of the molecule is Brc1nn(C2CCOCC2)c2ccncc12.CC. The van der Waals surface area contributed by atoms with Crippen molar-refractivity contribution < 1.29 is 4.74 Å². The van der Waals surface area contributed by atoms with E-state index in [1.807, 2.05) is 32.3 Å². The van der Waals surface area contributed by atoms with Crippen LogP contribution in [0.3, 0.4) is 0 Å². The van der Waals surface area contributed by atoms with Gasteiger partial charge in [0.05, 0.1) is 16.9 Å². The van der Waals surface area contributed by atoms with Gasteiger partial charge in [-0.25, -0.2) is 0 Å². The van der Waals surface area contributed by atoms with Crippen LogP contribution in [0.25, 0.3) is 10.9 Å². The van der Waals surface area contributed by atoms with Crippen LogP contribution in [0.1, 0.15) is 32.7 Å². The second-order valence-corrected chi connectivity index (χ2v) is 4.72. The molecule has 98 valence electrons. The first-order valence-corrected chi connectivity index (χ1v) is 7.21. The number of hydrogen-bond donors (Lipinski definition) is 0. The maximum Gasteiger partial charge on any atom is 0.137 e. The number of fused-ring (bicyclic) bond motifs is 1. The molecule has 1 aliphatic rings. The smallest absolute Gasteiger partial charge is 0.137 e. The van der Waals surface area contributed by atoms with Crippen molar-refractivity contribution >= 4 is 26.8 Å². The van der Waals surface area contributed by atoms with Gasteiger partial charge in [0.15, 0.2) is 0 Å². The van der Waals surface area contributed by atoms with E-state index in [4.69, 9.17) is 4.74 Å². The van der Waals surface area contributed by atoms with Crippen LogP contribution in [0.5, 0.6) is 0 Å². The number of ether oxygens (including phenoxy) is 1. The normalized spacial score (nSPS) is 16.4. The zero-order valence-electron chi connectivity index (χ0n) is 10.8. The summed E-state index contributed by atoms with van der Waals surface area (Å²) in [5.41, 5.74) is 1.15. The van der Waals surface area contributed by atoms with E-state index < -0.39 is 0 Å². The number of hydrogen-bond acceptors (Lipinski definition) is 3. The van der Waals surface area contributed by atoms with Crippen molar-refractivity contribution in [2.75, 3.05) is 13.2 Å². The number of pyridine rings is 1. The molecule has 0 N–H and O–H groups in total. The minimum Gasteiger partial charge on any atom is -0.381 e. The summed E-state index contributed by atoms with van der Waals surface area (Å²) in [5, 5.41) is 5.63. The fraction of sp³-hybridized carbons (Fsp3) is 0.538. The highest BCUT2D eigenvalue weighted by Gasteiger charge is 2.19. The Kier molecular flexibility index (Phi) is 4.72. The molecule has 5 heteroatoms. The van der Waals surface area contributed by atoms with Crippen molar-refractivity contribution in [1.29, 1.82) is 0 Å². The highest BCUT2D eigenvalue weighted by Crippen LogP contribution is 2.28. The van der Waals surface area contributed by atoms with Gasteiger partial charge in [0.1, 0.15) is 4.60 Å². The van der Waals surface area contributed by atoms with Crippen molar-refractivity contribution in [2.24, 2.45) is 0 Å². The van der Waals surface area contributed by atoms with Gasteiger partial charge in [-0.3, -0.25) is 9.67 Å². The fourth-order valence-corrected chi connectivity index (χ4v) is 2.63. The van der Waals surface area contributed by atoms with Crippen molar-refractivity contribution in [2.45, 2.75) is 32.7 Å². The Balaban J connectivity index is 0.000000574. The van der Waals surface area contributed by atoms with Gasteiger partial charge < -0.3 is 4.74 Å². The molecule has 0 radical (unpaired) electrons. The van der Waals surface area contributed by atoms with E-state index in [1.165, 1.54) is 0 Å². The Morgan fingerprint density at radius 3 is 2.78 bits per heavy atom. The van der Waals surface area contributed by atoms with Crippen molar-refractivity contribution in [3.8, 4) is 0 Å². The summed E-state index contributed by atoms with van der Waals surface area (Å²) >= 11 is 3.48. The Labute approximate surface area is 115 Å². The van der Waals surface area contributed by atoms with E-state index in [9.17, 15) is 0 Å². The maximum absolute atomic E-state index is 5.37. The second kappa shape index (κ2) is 6.29. The van der Waals surface area contributed by atoms with Gasteiger partial charge in [0.25, 0.3) is 0 Å². The highest BCUT2D eigenvalue weighted by atomic mass is 79.9. The van der Waals surface area contributed by atoms with Gasteiger partial charge in [-0.15, -0.1) is 0 Å². The van der Waals surface area contributed by atoms with E-state index in [0.717, 1.165) is 41.6 Å². The molecule has 0 aliphatic carbocycles. The molecule has 0 spiro atoms. The molecule has 1 saturated heterocycles. The summed E-state index contributed by atoms with van der Waals surface area (Å²) in [7, 11) is 0. The van der Waals surface area contributed by atoms with Gasteiger partial charge in [-0.2, -0.15) is 5.10 Å². The standard InChI is InChI=1S/C11H12BrN3O.C2H6/c12-11-9-7-13-4-1-10(9)15(14-11)8-2-5-16-6-3-8;1-2/h1,4,7-8H,2-3,5-6H2;1-2H3. The first-order valence-electron chi connectivity index (χ1n) is 6.42. The van der Waals surface area contributed by atoms with Crippen LogP contribution < -0.4 is 0 Å². The van der Waals surface area contributed by atoms with Crippen LogP contribution in [0.2, 0.25) is 0 Å². The minimum atomic E-state index is 0.449. The van der Waals surface area contributed by atoms with E-state index in [1.54, 1.807) is 0 Å². The largest absolute Gasteiger partial charge is 0.381 e. The molecule has 4 nitrogen and oxygen atoms in total. The second-order valence-electron chi connectivity index (χ2n) is 3.97. The van der Waals surface area contributed by atoms with Crippen LogP contribution in [-0.4, -0.2) is 28.0 Å². The summed E-state index contributed by atoms with van der Waals surface area (Å²) in [6, 6.07) is 2.47. The van der Waals surface area contributed by atoms with E-state index in [2.05, 4.69) is 30.7 Å². The van der Waals surface area contributed by atoms with Gasteiger partial charge in [0, 0.05) is 25.6 Å². The summed E-state index contributed by atoms with van der Waals surface area (Å²) in [6.45, 7) is 5.66. The molecule has 0 bridgehead atoms. The average molecular weight is 312 g/mol. The third-order valence-corrected chi connectivity index (χ3v) is 3.59. The molecule has 2 aromatic heterocycles. The monoisotopic (exact) mass is 311 g/mol. The lowest BCUT2D eigenvalue weighted by Crippen LogP contribution is -2.20. The van der Waals surface area contributed by atoms with Gasteiger partial charge in [0.2, 0.25) is 0 Å². The lowest BCUT2D eigenvalue weighted by molar-refractivity contribution is 0.0674. The Hall–Kier alpha value is -0.940. The molecule has 1 aliphatic heterocycles. The summed E-state index contributed by atoms with van der Waals surface area (Å²) in [6.07, 6.45) is 5.73. The first-order chi connectivity index (χ1) is 8.86. The Bertz CT molecular complexity index is 506. The van der Waals surface area contributed by atoms with Crippen molar-refractivity contribution in [3.05, 3.63) is 23.1 Å². The molecule has 0 unspecified atom stereocenters. The minimum absolute atomic E-state index is 0.449. The van der Waals surface area contributed by atoms with Gasteiger partial charge >= 0.3 is 0 Å². The quantitative estimate of drug-likeness (QED) is 0.808. The zero-order chi connectivity index (χ0) is 13.0. The molecule has 18 heavy (non-hydrogen) atoms. The first kappa shape index (κ1) is 13.5. The molecule has 0 amide bonds. The maximum atomic E-state index is 5.37. The molecule has 2 aromatic rings. The van der Waals surface area contributed by atoms with E-state index in [0.29, 0.717) is 6.04 Å². The lowest BCUT2D eigenvalue weighted by Gasteiger charge is -2.22. The number of nitrogens with zero attached hydrogens (tertiary/aromatic N) is 3. The van der Waals surface area contributed by atoms with Crippen LogP contribution in [0.15, 0.2) is 23.1 Å². The molecule has 0 aromatic carbocycles. The molecule has 1 fully saturated rings. The predicted octanol–water partition coefficient (Wildman–Crippen LogP) is 3.57. The number of aromatic nitrogens is 3. The van der Waals surface area contributed by atoms with Gasteiger partial charge in [-0.05, 0) is 34.8 Å². The zero-order valence-corrected chi connectivity index (χ0v) is 12.4. The van der Waals surface area contributed by atoms with Crippen molar-refractivity contribution in [1.82, 2.24) is 14.8 Å². The number of halogens is 1. The molecular formula is C13H18BrN3O. The van der Waals surface area contributed by atoms with Gasteiger partial charge in [-0.1, -0.05) is 13.8 Å². The topological polar surface area (TPSA) is 39.9 Å². The lowest BCUT2D eigenvalue weighted by atomic mass is 10.1. The summed E-state index contributed by atoms with van der Waals surface area (Å²) < 4.78 is 8.35. The number of rotatable bonds is 1. The highest BCUT2D eigenvalue weighted by molar-refractivity contribution is 9.10. The van der Waals surface area contributed by atoms with Crippen molar-refractivity contribution in [3.63, 3.8) is 0 Å². The Morgan fingerprint density at radius 2 is 2.06 bits per heavy atom. The summed E-state index contributed by atoms with van der Waals surface area (Å²) in [4.78, 5) is 4.12. The Morgan fingerprint density at radius 1 is 1.33 bits per heavy atom. The molecule has 3 rings (SSSR count). The van der Waals surface area contributed by atoms with E-state index in [-0.39, 0.29) is 0 Å². The van der Waals surface area contributed by atoms with Crippen LogP contribution in [0, 0.1) is 0 Å². The van der Waals surface area contributed by atoms with Crippen LogP contribution >= 0.6 is 15.9 Å². The molecular weight excluding hydrogens is 294 g/mol.